The maximum absolute atomic E-state index is 13.3. The Hall–Kier alpha value is -2.90. The molecule has 2 aromatic rings. The highest BCUT2D eigenvalue weighted by molar-refractivity contribution is 6.47. The van der Waals surface area contributed by atoms with Crippen LogP contribution in [0.4, 0.5) is 0 Å². The lowest BCUT2D eigenvalue weighted by Gasteiger charge is -2.31. The monoisotopic (exact) mass is 505 g/mol. The molecule has 2 aliphatic rings. The van der Waals surface area contributed by atoms with Crippen molar-refractivity contribution in [1.82, 2.24) is 4.90 Å². The molecule has 1 saturated carbocycles. The molecule has 0 aromatic heterocycles. The van der Waals surface area contributed by atoms with Gasteiger partial charge in [-0.25, -0.2) is 0 Å². The summed E-state index contributed by atoms with van der Waals surface area (Å²) in [6.45, 7) is 0. The maximum Gasteiger partial charge on any atom is 0.295 e. The molecule has 34 heavy (non-hydrogen) atoms. The second kappa shape index (κ2) is 9.76. The number of amides is 1. The largest absolute Gasteiger partial charge is 0.507 e. The highest BCUT2D eigenvalue weighted by Crippen LogP contribution is 2.48. The van der Waals surface area contributed by atoms with Gasteiger partial charge in [0.15, 0.2) is 17.2 Å². The standard InChI is InChI=1S/C25H25Cl2NO6/c1-32-18-10-6-9-15(23(18)33-2)20-19(22(30)25(31)28(20)14-7-4-5-8-14)21(29)13-11-16(26)24(34-3)17(27)12-13/h6,9-12,14,20,29H,4-5,7-8H2,1-3H3/b21-19+. The summed E-state index contributed by atoms with van der Waals surface area (Å²) in [5, 5.41) is 11.7. The van der Waals surface area contributed by atoms with Crippen molar-refractivity contribution in [3.05, 3.63) is 57.1 Å². The van der Waals surface area contributed by atoms with Gasteiger partial charge in [0.1, 0.15) is 5.76 Å². The van der Waals surface area contributed by atoms with E-state index in [9.17, 15) is 14.7 Å². The molecule has 9 heteroatoms. The number of benzene rings is 2. The molecule has 0 radical (unpaired) electrons. The van der Waals surface area contributed by atoms with E-state index in [-0.39, 0.29) is 38.7 Å². The van der Waals surface area contributed by atoms with Crippen LogP contribution in [-0.4, -0.2) is 49.1 Å². The molecule has 1 atom stereocenters. The summed E-state index contributed by atoms with van der Waals surface area (Å²) in [5.74, 6) is -0.724. The van der Waals surface area contributed by atoms with Crippen molar-refractivity contribution in [2.45, 2.75) is 37.8 Å². The number of methoxy groups -OCH3 is 3. The van der Waals surface area contributed by atoms with Crippen LogP contribution in [0.3, 0.4) is 0 Å². The van der Waals surface area contributed by atoms with E-state index in [1.807, 2.05) is 0 Å². The second-order valence-electron chi connectivity index (χ2n) is 8.20. The Balaban J connectivity index is 1.97. The zero-order valence-corrected chi connectivity index (χ0v) is 20.6. The highest BCUT2D eigenvalue weighted by Gasteiger charge is 2.50. The third kappa shape index (κ3) is 3.97. The van der Waals surface area contributed by atoms with Crippen molar-refractivity contribution in [1.29, 1.82) is 0 Å². The quantitative estimate of drug-likeness (QED) is 0.322. The maximum atomic E-state index is 13.3. The van der Waals surface area contributed by atoms with Crippen LogP contribution in [0, 0.1) is 0 Å². The summed E-state index contributed by atoms with van der Waals surface area (Å²) in [6, 6.07) is 7.15. The first-order chi connectivity index (χ1) is 16.3. The molecular weight excluding hydrogens is 481 g/mol. The van der Waals surface area contributed by atoms with Gasteiger partial charge in [0.05, 0.1) is 43.0 Å². The number of Topliss-reactive ketones (excluding diaryl/α,β-unsaturated/α-hetero) is 1. The van der Waals surface area contributed by atoms with Crippen LogP contribution in [0.25, 0.3) is 5.76 Å². The van der Waals surface area contributed by atoms with E-state index in [0.29, 0.717) is 17.1 Å². The van der Waals surface area contributed by atoms with E-state index in [2.05, 4.69) is 0 Å². The van der Waals surface area contributed by atoms with Crippen LogP contribution in [0.5, 0.6) is 17.2 Å². The van der Waals surface area contributed by atoms with Crippen LogP contribution >= 0.6 is 23.2 Å². The number of halogens is 2. The topological polar surface area (TPSA) is 85.3 Å². The van der Waals surface area contributed by atoms with Crippen molar-refractivity contribution in [3.63, 3.8) is 0 Å². The Bertz CT molecular complexity index is 1150. The Morgan fingerprint density at radius 3 is 2.15 bits per heavy atom. The van der Waals surface area contributed by atoms with Crippen LogP contribution in [0.15, 0.2) is 35.9 Å². The molecule has 1 aliphatic heterocycles. The van der Waals surface area contributed by atoms with Gasteiger partial charge in [-0.1, -0.05) is 48.2 Å². The number of carbonyl (C=O) groups excluding carboxylic acids is 2. The van der Waals surface area contributed by atoms with E-state index < -0.39 is 17.7 Å². The van der Waals surface area contributed by atoms with Crippen molar-refractivity contribution < 1.29 is 28.9 Å². The van der Waals surface area contributed by atoms with E-state index in [1.54, 1.807) is 23.1 Å². The molecule has 2 fully saturated rings. The molecule has 4 rings (SSSR count). The van der Waals surface area contributed by atoms with Crippen molar-refractivity contribution in [2.75, 3.05) is 21.3 Å². The van der Waals surface area contributed by atoms with Gasteiger partial charge in [0.2, 0.25) is 0 Å². The van der Waals surface area contributed by atoms with Gasteiger partial charge in [-0.3, -0.25) is 9.59 Å². The first-order valence-electron chi connectivity index (χ1n) is 10.9. The SMILES string of the molecule is COc1cccc(C2/C(=C(\O)c3cc(Cl)c(OC)c(Cl)c3)C(=O)C(=O)N2C2CCCC2)c1OC. The van der Waals surface area contributed by atoms with Crippen molar-refractivity contribution >= 4 is 40.7 Å². The molecule has 0 spiro atoms. The number of carbonyl (C=O) groups is 2. The van der Waals surface area contributed by atoms with Gasteiger partial charge in [-0.05, 0) is 31.0 Å². The van der Waals surface area contributed by atoms with Gasteiger partial charge in [-0.15, -0.1) is 0 Å². The van der Waals surface area contributed by atoms with E-state index in [4.69, 9.17) is 37.4 Å². The number of ketones is 1. The number of ether oxygens (including phenoxy) is 3. The average Bonchev–Trinajstić information content (AvgIpc) is 3.44. The Morgan fingerprint density at radius 1 is 0.971 bits per heavy atom. The van der Waals surface area contributed by atoms with Crippen LogP contribution in [0.1, 0.15) is 42.9 Å². The first-order valence-corrected chi connectivity index (χ1v) is 11.6. The zero-order chi connectivity index (χ0) is 24.6. The van der Waals surface area contributed by atoms with Gasteiger partial charge in [0.25, 0.3) is 11.7 Å². The molecular formula is C25H25Cl2NO6. The third-order valence-electron chi connectivity index (χ3n) is 6.40. The summed E-state index contributed by atoms with van der Waals surface area (Å²) in [6.07, 6.45) is 3.46. The van der Waals surface area contributed by atoms with Crippen molar-refractivity contribution in [3.8, 4) is 17.2 Å². The van der Waals surface area contributed by atoms with Crippen LogP contribution < -0.4 is 14.2 Å². The summed E-state index contributed by atoms with van der Waals surface area (Å²) in [5.41, 5.74) is 0.688. The lowest BCUT2D eigenvalue weighted by atomic mass is 9.93. The number of aliphatic hydroxyl groups is 1. The highest BCUT2D eigenvalue weighted by atomic mass is 35.5. The lowest BCUT2D eigenvalue weighted by Crippen LogP contribution is -2.37. The molecule has 180 valence electrons. The Morgan fingerprint density at radius 2 is 1.59 bits per heavy atom. The van der Waals surface area contributed by atoms with Gasteiger partial charge >= 0.3 is 0 Å². The smallest absolute Gasteiger partial charge is 0.295 e. The average molecular weight is 506 g/mol. The minimum Gasteiger partial charge on any atom is -0.507 e. The van der Waals surface area contributed by atoms with Gasteiger partial charge < -0.3 is 24.2 Å². The van der Waals surface area contributed by atoms with E-state index in [1.165, 1.54) is 33.5 Å². The molecule has 0 bridgehead atoms. The summed E-state index contributed by atoms with van der Waals surface area (Å²) in [7, 11) is 4.43. The second-order valence-corrected chi connectivity index (χ2v) is 9.01. The molecule has 7 nitrogen and oxygen atoms in total. The summed E-state index contributed by atoms with van der Waals surface area (Å²) < 4.78 is 16.3. The number of rotatable bonds is 6. The fraction of sp³-hybridized carbons (Fsp3) is 0.360. The third-order valence-corrected chi connectivity index (χ3v) is 6.96. The first kappa shape index (κ1) is 24.2. The zero-order valence-electron chi connectivity index (χ0n) is 19.1. The number of aliphatic hydroxyl groups excluding tert-OH is 1. The fourth-order valence-electron chi connectivity index (χ4n) is 4.89. The van der Waals surface area contributed by atoms with Gasteiger partial charge in [-0.2, -0.15) is 0 Å². The number of para-hydroxylation sites is 1. The molecule has 1 heterocycles. The summed E-state index contributed by atoms with van der Waals surface area (Å²) >= 11 is 12.6. The normalized spacial score (nSPS) is 20.1. The summed E-state index contributed by atoms with van der Waals surface area (Å²) in [4.78, 5) is 28.2. The molecule has 1 aliphatic carbocycles. The number of hydrogen-bond donors (Lipinski definition) is 1. The molecule has 1 amide bonds. The number of hydrogen-bond acceptors (Lipinski definition) is 6. The minimum atomic E-state index is -0.868. The number of likely N-dealkylation sites (tertiary alicyclic amines) is 1. The predicted molar refractivity (Wildman–Crippen MR) is 129 cm³/mol. The van der Waals surface area contributed by atoms with E-state index >= 15 is 0 Å². The van der Waals surface area contributed by atoms with E-state index in [0.717, 1.165) is 25.7 Å². The molecule has 1 N–H and O–H groups in total. The Labute approximate surface area is 207 Å². The molecule has 2 aromatic carbocycles. The minimum absolute atomic E-state index is 0.0549. The lowest BCUT2D eigenvalue weighted by molar-refractivity contribution is -0.141. The number of nitrogens with zero attached hydrogens (tertiary/aromatic N) is 1. The molecule has 1 unspecified atom stereocenters. The van der Waals surface area contributed by atoms with Gasteiger partial charge in [0, 0.05) is 17.2 Å². The van der Waals surface area contributed by atoms with Crippen LogP contribution in [-0.2, 0) is 9.59 Å². The van der Waals surface area contributed by atoms with Crippen molar-refractivity contribution in [2.24, 2.45) is 0 Å². The Kier molecular flexibility index (Phi) is 6.96. The fourth-order valence-corrected chi connectivity index (χ4v) is 5.53. The van der Waals surface area contributed by atoms with Crippen LogP contribution in [0.2, 0.25) is 10.0 Å². The predicted octanol–water partition coefficient (Wildman–Crippen LogP) is 5.38. The molecule has 1 saturated heterocycles.